The Kier molecular flexibility index (Phi) is 12.8. The molecule has 2 aliphatic carbocycles. The molecule has 250 valence electrons. The zero-order chi connectivity index (χ0) is 35.3. The van der Waals surface area contributed by atoms with E-state index < -0.39 is 0 Å². The summed E-state index contributed by atoms with van der Waals surface area (Å²) in [5.74, 6) is 7.12. The highest BCUT2D eigenvalue weighted by atomic mass is 14.2. The Balaban J connectivity index is 0.00000239. The molecule has 0 amide bonds. The van der Waals surface area contributed by atoms with Gasteiger partial charge in [-0.25, -0.2) is 0 Å². The third kappa shape index (κ3) is 8.07. The van der Waals surface area contributed by atoms with Crippen LogP contribution in [0, 0.1) is 17.8 Å². The molecule has 0 fully saturated rings. The van der Waals surface area contributed by atoms with Gasteiger partial charge in [0.15, 0.2) is 0 Å². The maximum absolute atomic E-state index is 4.32. The highest BCUT2D eigenvalue weighted by molar-refractivity contribution is 6.11. The summed E-state index contributed by atoms with van der Waals surface area (Å²) >= 11 is 0. The lowest BCUT2D eigenvalue weighted by molar-refractivity contribution is 0.786. The van der Waals surface area contributed by atoms with Crippen molar-refractivity contribution in [2.75, 3.05) is 0 Å². The minimum Gasteiger partial charge on any atom is -0.0984 e. The van der Waals surface area contributed by atoms with Crippen molar-refractivity contribution in [2.45, 2.75) is 60.3 Å². The van der Waals surface area contributed by atoms with Crippen molar-refractivity contribution in [3.63, 3.8) is 0 Å². The van der Waals surface area contributed by atoms with Crippen molar-refractivity contribution < 1.29 is 0 Å². The molecular formula is C50H50. The SMILES string of the molecule is C=Cc1c(/C=C\C)c(-c2ccc(C3=CCC(C(/C=C\CC)=C/C)C=C3)cc2)c2ccccc2c1-c1ccc(C#CC2=CCCC=C2)cc1.CC. The number of allylic oxidation sites excluding steroid dienone is 13. The van der Waals surface area contributed by atoms with E-state index in [9.17, 15) is 0 Å². The van der Waals surface area contributed by atoms with Crippen molar-refractivity contribution in [3.8, 4) is 34.1 Å². The Morgan fingerprint density at radius 3 is 2.00 bits per heavy atom. The van der Waals surface area contributed by atoms with E-state index in [1.807, 2.05) is 19.9 Å². The van der Waals surface area contributed by atoms with Crippen LogP contribution in [0.4, 0.5) is 0 Å². The number of rotatable bonds is 8. The third-order valence-electron chi connectivity index (χ3n) is 9.27. The smallest absolute Gasteiger partial charge is 0.0249 e. The Morgan fingerprint density at radius 2 is 1.44 bits per heavy atom. The van der Waals surface area contributed by atoms with Crippen LogP contribution in [-0.2, 0) is 0 Å². The van der Waals surface area contributed by atoms with Gasteiger partial charge in [-0.3, -0.25) is 0 Å². The van der Waals surface area contributed by atoms with Gasteiger partial charge in [0.1, 0.15) is 0 Å². The van der Waals surface area contributed by atoms with Gasteiger partial charge in [-0.2, -0.15) is 0 Å². The molecule has 0 aliphatic heterocycles. The number of benzene rings is 4. The molecule has 1 atom stereocenters. The fourth-order valence-electron chi connectivity index (χ4n) is 6.82. The fourth-order valence-corrected chi connectivity index (χ4v) is 6.82. The first-order valence-corrected chi connectivity index (χ1v) is 18.3. The van der Waals surface area contributed by atoms with Crippen LogP contribution in [0.15, 0.2) is 151 Å². The predicted molar refractivity (Wildman–Crippen MR) is 223 cm³/mol. The molecule has 0 saturated heterocycles. The molecule has 0 aromatic heterocycles. The summed E-state index contributed by atoms with van der Waals surface area (Å²) in [5.41, 5.74) is 13.2. The van der Waals surface area contributed by atoms with Crippen molar-refractivity contribution in [2.24, 2.45) is 5.92 Å². The monoisotopic (exact) mass is 650 g/mol. The van der Waals surface area contributed by atoms with Crippen LogP contribution in [0.25, 0.3) is 50.8 Å². The lowest BCUT2D eigenvalue weighted by atomic mass is 9.82. The molecule has 50 heavy (non-hydrogen) atoms. The maximum Gasteiger partial charge on any atom is 0.0249 e. The first kappa shape index (κ1) is 35.9. The van der Waals surface area contributed by atoms with Crippen molar-refractivity contribution >= 4 is 28.5 Å². The van der Waals surface area contributed by atoms with E-state index in [4.69, 9.17) is 0 Å². The molecular weight excluding hydrogens is 601 g/mol. The normalized spacial score (nSPS) is 15.7. The molecule has 0 radical (unpaired) electrons. The van der Waals surface area contributed by atoms with Gasteiger partial charge >= 0.3 is 0 Å². The quantitative estimate of drug-likeness (QED) is 0.131. The summed E-state index contributed by atoms with van der Waals surface area (Å²) < 4.78 is 0. The van der Waals surface area contributed by atoms with E-state index in [1.165, 1.54) is 49.7 Å². The summed E-state index contributed by atoms with van der Waals surface area (Å²) in [6.45, 7) is 14.7. The lowest BCUT2D eigenvalue weighted by Crippen LogP contribution is -2.02. The Hall–Kier alpha value is -5.38. The van der Waals surface area contributed by atoms with Crippen molar-refractivity contribution in [1.29, 1.82) is 0 Å². The molecule has 0 bridgehead atoms. The van der Waals surface area contributed by atoms with Gasteiger partial charge in [0.25, 0.3) is 0 Å². The Morgan fingerprint density at radius 1 is 0.780 bits per heavy atom. The summed E-state index contributed by atoms with van der Waals surface area (Å²) in [7, 11) is 0. The highest BCUT2D eigenvalue weighted by Gasteiger charge is 2.19. The average molecular weight is 651 g/mol. The molecule has 0 heteroatoms. The van der Waals surface area contributed by atoms with Crippen LogP contribution in [-0.4, -0.2) is 0 Å². The second-order valence-electron chi connectivity index (χ2n) is 12.3. The average Bonchev–Trinajstić information content (AvgIpc) is 3.19. The maximum atomic E-state index is 4.32. The summed E-state index contributed by atoms with van der Waals surface area (Å²) in [6, 6.07) is 26.6. The molecule has 0 N–H and O–H groups in total. The molecule has 0 nitrogen and oxygen atoms in total. The highest BCUT2D eigenvalue weighted by Crippen LogP contribution is 2.43. The molecule has 6 rings (SSSR count). The van der Waals surface area contributed by atoms with Crippen LogP contribution in [0.3, 0.4) is 0 Å². The van der Waals surface area contributed by atoms with E-state index >= 15 is 0 Å². The van der Waals surface area contributed by atoms with Gasteiger partial charge in [-0.15, -0.1) is 0 Å². The van der Waals surface area contributed by atoms with Gasteiger partial charge < -0.3 is 0 Å². The van der Waals surface area contributed by atoms with Crippen molar-refractivity contribution in [3.05, 3.63) is 174 Å². The first-order valence-electron chi connectivity index (χ1n) is 18.3. The molecule has 1 unspecified atom stereocenters. The second-order valence-corrected chi connectivity index (χ2v) is 12.3. The summed E-state index contributed by atoms with van der Waals surface area (Å²) in [5, 5.41) is 2.45. The van der Waals surface area contributed by atoms with Crippen LogP contribution < -0.4 is 0 Å². The number of hydrogen-bond acceptors (Lipinski definition) is 0. The van der Waals surface area contributed by atoms with E-state index in [0.717, 1.165) is 47.9 Å². The minimum absolute atomic E-state index is 0.437. The zero-order valence-electron chi connectivity index (χ0n) is 30.5. The van der Waals surface area contributed by atoms with Crippen molar-refractivity contribution in [1.82, 2.24) is 0 Å². The van der Waals surface area contributed by atoms with Gasteiger partial charge in [-0.05, 0) is 113 Å². The molecule has 0 saturated carbocycles. The summed E-state index contributed by atoms with van der Waals surface area (Å²) in [4.78, 5) is 0. The second kappa shape index (κ2) is 17.9. The molecule has 4 aromatic rings. The number of hydrogen-bond donors (Lipinski definition) is 0. The van der Waals surface area contributed by atoms with Crippen LogP contribution in [0.1, 0.15) is 82.6 Å². The van der Waals surface area contributed by atoms with E-state index in [1.54, 1.807) is 0 Å². The molecule has 2 aliphatic rings. The summed E-state index contributed by atoms with van der Waals surface area (Å²) in [6.07, 6.45) is 31.0. The fraction of sp³-hybridized carbons (Fsp3) is 0.200. The Bertz CT molecular complexity index is 2090. The molecule has 0 spiro atoms. The minimum atomic E-state index is 0.437. The Labute approximate surface area is 301 Å². The van der Waals surface area contributed by atoms with Gasteiger partial charge in [-0.1, -0.05) is 173 Å². The first-order chi connectivity index (χ1) is 24.6. The van der Waals surface area contributed by atoms with E-state index in [0.29, 0.717) is 5.92 Å². The third-order valence-corrected chi connectivity index (χ3v) is 9.27. The van der Waals surface area contributed by atoms with Gasteiger partial charge in [0.2, 0.25) is 0 Å². The van der Waals surface area contributed by atoms with E-state index in [2.05, 4.69) is 179 Å². The number of fused-ring (bicyclic) bond motifs is 1. The van der Waals surface area contributed by atoms with E-state index in [-0.39, 0.29) is 0 Å². The largest absolute Gasteiger partial charge is 0.0984 e. The van der Waals surface area contributed by atoms with Crippen LogP contribution >= 0.6 is 0 Å². The lowest BCUT2D eigenvalue weighted by Gasteiger charge is -2.21. The predicted octanol–water partition coefficient (Wildman–Crippen LogP) is 14.4. The van der Waals surface area contributed by atoms with Crippen LogP contribution in [0.5, 0.6) is 0 Å². The van der Waals surface area contributed by atoms with Gasteiger partial charge in [0.05, 0.1) is 0 Å². The molecule has 0 heterocycles. The van der Waals surface area contributed by atoms with Gasteiger partial charge in [0, 0.05) is 17.1 Å². The standard InChI is InChI=1S/C48H44.C2H6/c1-5-9-18-37(7-3)38-27-29-39(30-28-38)40-31-33-42(34-32-40)48-44(15-6-2)43(8-4)47(45-19-13-14-20-46(45)48)41-25-23-36(24-26-41)22-21-35-16-11-10-12-17-35;1-2/h6-9,11,13-20,23-27,29-34,38H,4-5,10,12,28H2,1-3H3;1-2H3/b15-6-,18-9-,37-7+;. The van der Waals surface area contributed by atoms with Crippen LogP contribution in [0.2, 0.25) is 0 Å². The topological polar surface area (TPSA) is 0 Å². The molecule has 4 aromatic carbocycles. The zero-order valence-corrected chi connectivity index (χ0v) is 30.5.